The highest BCUT2D eigenvalue weighted by Crippen LogP contribution is 2.32. The maximum absolute atomic E-state index is 13.1. The summed E-state index contributed by atoms with van der Waals surface area (Å²) in [6.45, 7) is 9.07. The van der Waals surface area contributed by atoms with Gasteiger partial charge in [0, 0.05) is 92.9 Å². The van der Waals surface area contributed by atoms with Gasteiger partial charge in [-0.05, 0) is 46.0 Å². The van der Waals surface area contributed by atoms with E-state index in [0.29, 0.717) is 23.9 Å². The van der Waals surface area contributed by atoms with Crippen LogP contribution < -0.4 is 0 Å². The fraction of sp³-hybridized carbons (Fsp3) is 0.571. The minimum absolute atomic E-state index is 0.180. The number of likely N-dealkylation sites (tertiary alicyclic amines) is 2. The van der Waals surface area contributed by atoms with Crippen LogP contribution in [0.25, 0.3) is 0 Å². The number of halogens is 2. The van der Waals surface area contributed by atoms with Crippen LogP contribution in [-0.4, -0.2) is 109 Å². The van der Waals surface area contributed by atoms with E-state index in [1.807, 2.05) is 20.1 Å². The van der Waals surface area contributed by atoms with Gasteiger partial charge < -0.3 is 4.74 Å². The number of hydrogen-bond donors (Lipinski definition) is 0. The molecule has 270 valence electrons. The monoisotopic (exact) mass is 718 g/mol. The third-order valence-corrected chi connectivity index (χ3v) is 9.38. The lowest BCUT2D eigenvalue weighted by Gasteiger charge is -2.34. The molecule has 3 unspecified atom stereocenters. The number of nitrogens with zero attached hydrogens (tertiary/aromatic N) is 12. The van der Waals surface area contributed by atoms with Crippen molar-refractivity contribution >= 4 is 11.8 Å². The van der Waals surface area contributed by atoms with E-state index >= 15 is 0 Å². The van der Waals surface area contributed by atoms with Crippen molar-refractivity contribution in [3.63, 3.8) is 0 Å². The lowest BCUT2D eigenvalue weighted by Crippen LogP contribution is -2.41. The van der Waals surface area contributed by atoms with Crippen LogP contribution in [-0.2, 0) is 4.74 Å². The van der Waals surface area contributed by atoms with Crippen molar-refractivity contribution in [1.29, 1.82) is 15.8 Å². The number of ether oxygens (including phenoxy) is 1. The normalized spacial score (nSPS) is 19.6. The van der Waals surface area contributed by atoms with Crippen LogP contribution in [0.15, 0.2) is 42.3 Å². The molecule has 0 aliphatic carbocycles. The Morgan fingerprint density at radius 1 is 0.627 bits per heavy atom. The lowest BCUT2D eigenvalue weighted by atomic mass is 10.0. The quantitative estimate of drug-likeness (QED) is 0.236. The Bertz CT molecular complexity index is 1530. The number of piperidine rings is 2. The van der Waals surface area contributed by atoms with Crippen molar-refractivity contribution < 1.29 is 13.5 Å². The molecule has 13 nitrogen and oxygen atoms in total. The SMILES string of the molecule is CSc1ncc(C(C#N)N2CCC(F)(F)CC2)cn1.Cc1ncc(C(C#N)N2CCCCC2)cn1.Cc1ncc(C(C#N)N2CCOCC2)cn1. The van der Waals surface area contributed by atoms with Crippen LogP contribution >= 0.6 is 11.8 Å². The summed E-state index contributed by atoms with van der Waals surface area (Å²) in [5, 5.41) is 28.3. The molecule has 6 heterocycles. The van der Waals surface area contributed by atoms with Gasteiger partial charge >= 0.3 is 0 Å². The summed E-state index contributed by atoms with van der Waals surface area (Å²) >= 11 is 1.41. The number of aryl methyl sites for hydroxylation is 2. The number of aromatic nitrogens is 6. The van der Waals surface area contributed by atoms with E-state index in [9.17, 15) is 24.6 Å². The Labute approximate surface area is 302 Å². The Hall–Kier alpha value is -4.24. The van der Waals surface area contributed by atoms with Gasteiger partial charge in [0.1, 0.15) is 29.8 Å². The summed E-state index contributed by atoms with van der Waals surface area (Å²) in [5.74, 6) is -1.13. The molecule has 0 N–H and O–H groups in total. The molecule has 16 heteroatoms. The van der Waals surface area contributed by atoms with Crippen LogP contribution in [0.3, 0.4) is 0 Å². The summed E-state index contributed by atoms with van der Waals surface area (Å²) in [6, 6.07) is 5.81. The number of alkyl halides is 2. The fourth-order valence-electron chi connectivity index (χ4n) is 5.88. The predicted molar refractivity (Wildman–Crippen MR) is 186 cm³/mol. The van der Waals surface area contributed by atoms with Crippen LogP contribution in [0, 0.1) is 47.8 Å². The van der Waals surface area contributed by atoms with Crippen molar-refractivity contribution in [2.24, 2.45) is 0 Å². The summed E-state index contributed by atoms with van der Waals surface area (Å²) in [6.07, 6.45) is 15.3. The number of rotatable bonds is 7. The largest absolute Gasteiger partial charge is 0.379 e. The van der Waals surface area contributed by atoms with Crippen LogP contribution in [0.5, 0.6) is 0 Å². The average molecular weight is 719 g/mol. The van der Waals surface area contributed by atoms with Gasteiger partial charge in [-0.25, -0.2) is 38.7 Å². The number of nitriles is 3. The zero-order chi connectivity index (χ0) is 36.6. The van der Waals surface area contributed by atoms with E-state index in [-0.39, 0.29) is 38.0 Å². The second-order valence-electron chi connectivity index (χ2n) is 12.4. The fourth-order valence-corrected chi connectivity index (χ4v) is 6.20. The summed E-state index contributed by atoms with van der Waals surface area (Å²) in [4.78, 5) is 30.9. The Morgan fingerprint density at radius 2 is 1.00 bits per heavy atom. The number of hydrogen-bond acceptors (Lipinski definition) is 14. The van der Waals surface area contributed by atoms with Gasteiger partial charge in [-0.3, -0.25) is 14.7 Å². The molecule has 3 atom stereocenters. The topological polar surface area (TPSA) is 168 Å². The highest BCUT2D eigenvalue weighted by Gasteiger charge is 2.36. The number of thioether (sulfide) groups is 1. The predicted octanol–water partition coefficient (Wildman–Crippen LogP) is 5.01. The molecule has 6 rings (SSSR count). The molecule has 0 spiro atoms. The summed E-state index contributed by atoms with van der Waals surface area (Å²) < 4.78 is 31.5. The minimum Gasteiger partial charge on any atom is -0.379 e. The maximum atomic E-state index is 13.1. The standard InChI is InChI=1S/C12H14F2N4S.C12H16N4.C11H14N4O/c1-19-11-16-7-9(8-17-11)10(6-15)18-4-2-12(13,14)3-5-18;1-10-14-8-11(9-15-10)12(7-13)16-5-3-2-4-6-16;1-9-13-7-10(8-14-9)11(6-12)15-2-4-16-5-3-15/h7-8,10H,2-5H2,1H3;8-9,12H,2-6H2,1H3;7-8,11H,2-5H2,1H3. The van der Waals surface area contributed by atoms with Crippen molar-refractivity contribution in [1.82, 2.24) is 44.6 Å². The first kappa shape index (κ1) is 39.5. The summed E-state index contributed by atoms with van der Waals surface area (Å²) in [5.41, 5.74) is 2.43. The first-order valence-electron chi connectivity index (χ1n) is 17.0. The zero-order valence-corrected chi connectivity index (χ0v) is 30.1. The lowest BCUT2D eigenvalue weighted by molar-refractivity contribution is -0.0595. The molecule has 3 aliphatic heterocycles. The molecule has 0 amide bonds. The third kappa shape index (κ3) is 11.9. The van der Waals surface area contributed by atoms with Gasteiger partial charge in [-0.2, -0.15) is 15.8 Å². The van der Waals surface area contributed by atoms with Crippen LogP contribution in [0.1, 0.15) is 78.6 Å². The zero-order valence-electron chi connectivity index (χ0n) is 29.3. The molecular formula is C35H44F2N12OS. The van der Waals surface area contributed by atoms with Crippen molar-refractivity contribution in [3.05, 3.63) is 65.5 Å². The molecule has 0 bridgehead atoms. The Balaban J connectivity index is 0.000000172. The van der Waals surface area contributed by atoms with E-state index in [4.69, 9.17) is 4.74 Å². The van der Waals surface area contributed by atoms with Crippen molar-refractivity contribution in [3.8, 4) is 18.2 Å². The molecule has 3 saturated heterocycles. The molecule has 3 aromatic heterocycles. The van der Waals surface area contributed by atoms with Gasteiger partial charge in [0.25, 0.3) is 5.92 Å². The molecule has 3 aromatic rings. The van der Waals surface area contributed by atoms with Crippen LogP contribution in [0.4, 0.5) is 8.78 Å². The molecule has 0 aromatic carbocycles. The Morgan fingerprint density at radius 3 is 1.39 bits per heavy atom. The molecule has 3 aliphatic rings. The second-order valence-corrected chi connectivity index (χ2v) is 13.1. The van der Waals surface area contributed by atoms with Gasteiger partial charge in [-0.1, -0.05) is 18.2 Å². The second kappa shape index (κ2) is 20.0. The maximum Gasteiger partial charge on any atom is 0.250 e. The first-order chi connectivity index (χ1) is 24.7. The molecule has 0 radical (unpaired) electrons. The highest BCUT2D eigenvalue weighted by molar-refractivity contribution is 7.98. The van der Waals surface area contributed by atoms with Crippen molar-refractivity contribution in [2.75, 3.05) is 58.7 Å². The van der Waals surface area contributed by atoms with E-state index in [1.54, 1.807) is 42.1 Å². The van der Waals surface area contributed by atoms with Gasteiger partial charge in [-0.15, -0.1) is 0 Å². The van der Waals surface area contributed by atoms with Gasteiger partial charge in [0.05, 0.1) is 31.4 Å². The van der Waals surface area contributed by atoms with Gasteiger partial charge in [0.15, 0.2) is 5.16 Å². The van der Waals surface area contributed by atoms with E-state index in [2.05, 4.69) is 57.9 Å². The van der Waals surface area contributed by atoms with Crippen molar-refractivity contribution in [2.45, 2.75) is 75.2 Å². The third-order valence-electron chi connectivity index (χ3n) is 8.81. The Kier molecular flexibility index (Phi) is 15.5. The minimum atomic E-state index is -2.60. The molecular weight excluding hydrogens is 675 g/mol. The van der Waals surface area contributed by atoms with E-state index in [1.165, 1.54) is 31.0 Å². The highest BCUT2D eigenvalue weighted by atomic mass is 32.2. The average Bonchev–Trinajstić information content (AvgIpc) is 3.16. The molecule has 51 heavy (non-hydrogen) atoms. The first-order valence-corrected chi connectivity index (χ1v) is 18.2. The van der Waals surface area contributed by atoms with E-state index in [0.717, 1.165) is 49.0 Å². The molecule has 3 fully saturated rings. The van der Waals surface area contributed by atoms with E-state index < -0.39 is 12.0 Å². The smallest absolute Gasteiger partial charge is 0.250 e. The summed E-state index contributed by atoms with van der Waals surface area (Å²) in [7, 11) is 0. The van der Waals surface area contributed by atoms with Crippen LogP contribution in [0.2, 0.25) is 0 Å². The van der Waals surface area contributed by atoms with Gasteiger partial charge in [0.2, 0.25) is 0 Å². The number of morpholine rings is 1. The molecule has 0 saturated carbocycles.